The maximum atomic E-state index is 5.43. The highest BCUT2D eigenvalue weighted by Crippen LogP contribution is 2.28. The maximum absolute atomic E-state index is 5.43. The first-order chi connectivity index (χ1) is 9.23. The molecule has 0 aromatic heterocycles. The molecule has 1 N–H and O–H groups in total. The van der Waals surface area contributed by atoms with Gasteiger partial charge in [0, 0.05) is 39.3 Å². The molecule has 4 heteroatoms. The number of nitrogens with one attached hydrogen (secondary N) is 1. The molecule has 0 aromatic carbocycles. The highest BCUT2D eigenvalue weighted by atomic mass is 16.5. The molecule has 0 saturated carbocycles. The fourth-order valence-corrected chi connectivity index (χ4v) is 3.90. The van der Waals surface area contributed by atoms with Gasteiger partial charge < -0.3 is 15.0 Å². The summed E-state index contributed by atoms with van der Waals surface area (Å²) in [5, 5.41) is 3.51. The highest BCUT2D eigenvalue weighted by molar-refractivity contribution is 4.89. The molecule has 2 unspecified atom stereocenters. The summed E-state index contributed by atoms with van der Waals surface area (Å²) in [4.78, 5) is 5.30. The Morgan fingerprint density at radius 1 is 1.21 bits per heavy atom. The van der Waals surface area contributed by atoms with Crippen LogP contribution in [0.4, 0.5) is 0 Å². The van der Waals surface area contributed by atoms with E-state index in [0.717, 1.165) is 32.2 Å². The fraction of sp³-hybridized carbons (Fsp3) is 1.00. The Labute approximate surface area is 117 Å². The molecule has 4 nitrogen and oxygen atoms in total. The van der Waals surface area contributed by atoms with E-state index in [-0.39, 0.29) is 0 Å². The third kappa shape index (κ3) is 3.69. The lowest BCUT2D eigenvalue weighted by molar-refractivity contribution is 0.0309. The van der Waals surface area contributed by atoms with Crippen LogP contribution < -0.4 is 5.32 Å². The first-order valence-electron chi connectivity index (χ1n) is 7.97. The van der Waals surface area contributed by atoms with E-state index in [4.69, 9.17) is 4.74 Å². The molecule has 3 saturated heterocycles. The average molecular weight is 267 g/mol. The third-order valence-electron chi connectivity index (χ3n) is 5.05. The Kier molecular flexibility index (Phi) is 4.42. The predicted octanol–water partition coefficient (Wildman–Crippen LogP) is 0.640. The van der Waals surface area contributed by atoms with Gasteiger partial charge >= 0.3 is 0 Å². The number of nitrogens with zero attached hydrogens (tertiary/aromatic N) is 2. The van der Waals surface area contributed by atoms with Crippen LogP contribution in [0.1, 0.15) is 19.8 Å². The zero-order valence-electron chi connectivity index (χ0n) is 12.4. The number of morpholine rings is 1. The standard InChI is InChI=1S/C15H29N3O/c1-15(3-4-16-12-15)13-18-5-2-14(11-18)10-17-6-8-19-9-7-17/h14,16H,2-13H2,1H3. The minimum absolute atomic E-state index is 0.522. The van der Waals surface area contributed by atoms with E-state index in [0.29, 0.717) is 5.41 Å². The molecule has 19 heavy (non-hydrogen) atoms. The largest absolute Gasteiger partial charge is 0.379 e. The lowest BCUT2D eigenvalue weighted by Gasteiger charge is -2.31. The summed E-state index contributed by atoms with van der Waals surface area (Å²) in [6.45, 7) is 14.2. The van der Waals surface area contributed by atoms with Gasteiger partial charge in [0.25, 0.3) is 0 Å². The van der Waals surface area contributed by atoms with Gasteiger partial charge in [0.05, 0.1) is 13.2 Å². The number of rotatable bonds is 4. The molecule has 3 aliphatic heterocycles. The average Bonchev–Trinajstić information content (AvgIpc) is 3.01. The van der Waals surface area contributed by atoms with Crippen LogP contribution >= 0.6 is 0 Å². The normalized spacial score (nSPS) is 38.1. The lowest BCUT2D eigenvalue weighted by atomic mass is 9.89. The molecule has 3 aliphatic rings. The number of hydrogen-bond acceptors (Lipinski definition) is 4. The molecule has 0 spiro atoms. The van der Waals surface area contributed by atoms with Crippen molar-refractivity contribution in [3.8, 4) is 0 Å². The van der Waals surface area contributed by atoms with Crippen molar-refractivity contribution >= 4 is 0 Å². The van der Waals surface area contributed by atoms with Crippen molar-refractivity contribution in [1.29, 1.82) is 0 Å². The maximum Gasteiger partial charge on any atom is 0.0594 e. The summed E-state index contributed by atoms with van der Waals surface area (Å²) in [5.41, 5.74) is 0.522. The van der Waals surface area contributed by atoms with E-state index >= 15 is 0 Å². The summed E-state index contributed by atoms with van der Waals surface area (Å²) in [7, 11) is 0. The van der Waals surface area contributed by atoms with E-state index in [1.165, 1.54) is 52.1 Å². The van der Waals surface area contributed by atoms with Crippen LogP contribution in [0.3, 0.4) is 0 Å². The molecule has 3 rings (SSSR count). The van der Waals surface area contributed by atoms with E-state index in [1.54, 1.807) is 0 Å². The molecule has 0 aliphatic carbocycles. The van der Waals surface area contributed by atoms with Gasteiger partial charge in [0.15, 0.2) is 0 Å². The molecule has 3 heterocycles. The van der Waals surface area contributed by atoms with Gasteiger partial charge in [0.1, 0.15) is 0 Å². The van der Waals surface area contributed by atoms with Crippen molar-refractivity contribution in [3.63, 3.8) is 0 Å². The Hall–Kier alpha value is -0.160. The molecule has 0 amide bonds. The van der Waals surface area contributed by atoms with Crippen molar-refractivity contribution < 1.29 is 4.74 Å². The van der Waals surface area contributed by atoms with Gasteiger partial charge in [-0.25, -0.2) is 0 Å². The zero-order valence-corrected chi connectivity index (χ0v) is 12.4. The third-order valence-corrected chi connectivity index (χ3v) is 5.05. The van der Waals surface area contributed by atoms with Crippen LogP contribution in [0.25, 0.3) is 0 Å². The first kappa shape index (κ1) is 13.8. The molecule has 0 radical (unpaired) electrons. The first-order valence-corrected chi connectivity index (χ1v) is 7.97. The Balaban J connectivity index is 1.42. The van der Waals surface area contributed by atoms with E-state index < -0.39 is 0 Å². The molecule has 0 aromatic rings. The Bertz CT molecular complexity index is 285. The molecular formula is C15H29N3O. The number of ether oxygens (including phenoxy) is 1. The van der Waals surface area contributed by atoms with Crippen LogP contribution in [-0.2, 0) is 4.74 Å². The highest BCUT2D eigenvalue weighted by Gasteiger charge is 2.33. The van der Waals surface area contributed by atoms with Crippen molar-refractivity contribution in [2.75, 3.05) is 65.6 Å². The Morgan fingerprint density at radius 2 is 2.05 bits per heavy atom. The zero-order chi connectivity index (χ0) is 13.1. The predicted molar refractivity (Wildman–Crippen MR) is 77.4 cm³/mol. The van der Waals surface area contributed by atoms with Crippen molar-refractivity contribution in [3.05, 3.63) is 0 Å². The van der Waals surface area contributed by atoms with Gasteiger partial charge in [-0.05, 0) is 37.3 Å². The van der Waals surface area contributed by atoms with Crippen molar-refractivity contribution in [2.45, 2.75) is 19.8 Å². The van der Waals surface area contributed by atoms with E-state index in [2.05, 4.69) is 22.0 Å². The summed E-state index contributed by atoms with van der Waals surface area (Å²) >= 11 is 0. The topological polar surface area (TPSA) is 27.7 Å². The minimum Gasteiger partial charge on any atom is -0.379 e. The second kappa shape index (κ2) is 6.08. The molecule has 2 atom stereocenters. The van der Waals surface area contributed by atoms with E-state index in [1.807, 2.05) is 0 Å². The quantitative estimate of drug-likeness (QED) is 0.809. The molecule has 0 bridgehead atoms. The summed E-state index contributed by atoms with van der Waals surface area (Å²) < 4.78 is 5.43. The fourth-order valence-electron chi connectivity index (χ4n) is 3.90. The van der Waals surface area contributed by atoms with Crippen LogP contribution in [0.5, 0.6) is 0 Å². The summed E-state index contributed by atoms with van der Waals surface area (Å²) in [5.74, 6) is 0.885. The minimum atomic E-state index is 0.522. The Morgan fingerprint density at radius 3 is 2.79 bits per heavy atom. The van der Waals surface area contributed by atoms with Crippen LogP contribution in [-0.4, -0.2) is 75.4 Å². The molecule has 110 valence electrons. The second-order valence-corrected chi connectivity index (χ2v) is 7.04. The SMILES string of the molecule is CC1(CN2CCC(CN3CCOCC3)C2)CCNC1. The second-order valence-electron chi connectivity index (χ2n) is 7.04. The smallest absolute Gasteiger partial charge is 0.0594 e. The lowest BCUT2D eigenvalue weighted by Crippen LogP contribution is -2.40. The monoisotopic (exact) mass is 267 g/mol. The van der Waals surface area contributed by atoms with Crippen molar-refractivity contribution in [2.24, 2.45) is 11.3 Å². The van der Waals surface area contributed by atoms with Gasteiger partial charge in [-0.3, -0.25) is 4.90 Å². The van der Waals surface area contributed by atoms with Gasteiger partial charge in [0.2, 0.25) is 0 Å². The van der Waals surface area contributed by atoms with Crippen molar-refractivity contribution in [1.82, 2.24) is 15.1 Å². The number of likely N-dealkylation sites (tertiary alicyclic amines) is 1. The van der Waals surface area contributed by atoms with Crippen LogP contribution in [0.15, 0.2) is 0 Å². The van der Waals surface area contributed by atoms with Gasteiger partial charge in [-0.2, -0.15) is 0 Å². The summed E-state index contributed by atoms with van der Waals surface area (Å²) in [6.07, 6.45) is 2.73. The molecular weight excluding hydrogens is 238 g/mol. The molecule has 3 fully saturated rings. The van der Waals surface area contributed by atoms with Crippen LogP contribution in [0, 0.1) is 11.3 Å². The van der Waals surface area contributed by atoms with E-state index in [9.17, 15) is 0 Å². The van der Waals surface area contributed by atoms with Gasteiger partial charge in [-0.1, -0.05) is 6.92 Å². The summed E-state index contributed by atoms with van der Waals surface area (Å²) in [6, 6.07) is 0. The number of hydrogen-bond donors (Lipinski definition) is 1. The van der Waals surface area contributed by atoms with Gasteiger partial charge in [-0.15, -0.1) is 0 Å². The van der Waals surface area contributed by atoms with Crippen LogP contribution in [0.2, 0.25) is 0 Å².